The van der Waals surface area contributed by atoms with Crippen LogP contribution < -0.4 is 10.9 Å². The van der Waals surface area contributed by atoms with E-state index in [2.05, 4.69) is 22.5 Å². The number of aromatic nitrogens is 2. The summed E-state index contributed by atoms with van der Waals surface area (Å²) in [7, 11) is 0. The van der Waals surface area contributed by atoms with Crippen LogP contribution in [0, 0.1) is 0 Å². The van der Waals surface area contributed by atoms with E-state index in [4.69, 9.17) is 0 Å². The maximum absolute atomic E-state index is 12.4. The molecule has 1 aliphatic carbocycles. The van der Waals surface area contributed by atoms with Crippen LogP contribution in [0.4, 0.5) is 0 Å². The molecule has 1 heterocycles. The third-order valence-corrected chi connectivity index (χ3v) is 3.97. The molecule has 114 valence electrons. The van der Waals surface area contributed by atoms with E-state index in [-0.39, 0.29) is 23.2 Å². The molecule has 1 N–H and O–H groups in total. The molecule has 0 fully saturated rings. The zero-order valence-electron chi connectivity index (χ0n) is 12.6. The van der Waals surface area contributed by atoms with E-state index >= 15 is 0 Å². The van der Waals surface area contributed by atoms with Crippen molar-refractivity contribution in [2.24, 2.45) is 0 Å². The van der Waals surface area contributed by atoms with Gasteiger partial charge in [-0.1, -0.05) is 31.2 Å². The van der Waals surface area contributed by atoms with Crippen molar-refractivity contribution in [2.45, 2.75) is 38.8 Å². The van der Waals surface area contributed by atoms with Crippen molar-refractivity contribution in [3.63, 3.8) is 0 Å². The Bertz CT molecular complexity index is 752. The number of hydrogen-bond donors (Lipinski definition) is 1. The van der Waals surface area contributed by atoms with Crippen LogP contribution in [-0.4, -0.2) is 15.7 Å². The Labute approximate surface area is 129 Å². The number of benzene rings is 1. The van der Waals surface area contributed by atoms with Crippen molar-refractivity contribution in [3.8, 4) is 0 Å². The molecule has 1 aromatic carbocycles. The van der Waals surface area contributed by atoms with E-state index in [0.717, 1.165) is 19.3 Å². The monoisotopic (exact) mass is 297 g/mol. The number of amides is 1. The molecule has 22 heavy (non-hydrogen) atoms. The molecule has 0 aliphatic heterocycles. The minimum absolute atomic E-state index is 0.0250. The topological polar surface area (TPSA) is 64.0 Å². The van der Waals surface area contributed by atoms with Gasteiger partial charge < -0.3 is 5.32 Å². The van der Waals surface area contributed by atoms with Gasteiger partial charge in [0.15, 0.2) is 0 Å². The molecule has 0 saturated heterocycles. The van der Waals surface area contributed by atoms with E-state index in [0.29, 0.717) is 6.54 Å². The van der Waals surface area contributed by atoms with Gasteiger partial charge in [0, 0.05) is 12.6 Å². The van der Waals surface area contributed by atoms with Crippen molar-refractivity contribution in [2.75, 3.05) is 0 Å². The summed E-state index contributed by atoms with van der Waals surface area (Å²) in [6.07, 6.45) is 2.68. The van der Waals surface area contributed by atoms with Gasteiger partial charge >= 0.3 is 0 Å². The van der Waals surface area contributed by atoms with E-state index in [1.807, 2.05) is 19.1 Å². The molecule has 5 nitrogen and oxygen atoms in total. The first-order valence-corrected chi connectivity index (χ1v) is 7.66. The number of nitrogens with one attached hydrogen (secondary N) is 1. The van der Waals surface area contributed by atoms with Crippen LogP contribution in [0.3, 0.4) is 0 Å². The zero-order chi connectivity index (χ0) is 15.5. The van der Waals surface area contributed by atoms with Crippen molar-refractivity contribution < 1.29 is 4.79 Å². The van der Waals surface area contributed by atoms with Crippen LogP contribution in [0.15, 0.2) is 41.2 Å². The van der Waals surface area contributed by atoms with Gasteiger partial charge in [0.25, 0.3) is 11.5 Å². The smallest absolute Gasteiger partial charge is 0.272 e. The summed E-state index contributed by atoms with van der Waals surface area (Å²) in [5, 5.41) is 7.18. The second-order valence-electron chi connectivity index (χ2n) is 5.54. The molecule has 1 aromatic heterocycles. The Morgan fingerprint density at radius 1 is 1.32 bits per heavy atom. The van der Waals surface area contributed by atoms with Gasteiger partial charge in [-0.25, -0.2) is 4.68 Å². The maximum Gasteiger partial charge on any atom is 0.272 e. The molecule has 2 aromatic rings. The lowest BCUT2D eigenvalue weighted by atomic mass is 10.1. The number of carbonyl (C=O) groups is 1. The number of rotatable bonds is 4. The fraction of sp³-hybridized carbons (Fsp3) is 0.353. The number of nitrogens with zero attached hydrogens (tertiary/aromatic N) is 2. The molecule has 0 unspecified atom stereocenters. The van der Waals surface area contributed by atoms with Gasteiger partial charge in [0.1, 0.15) is 5.69 Å². The first kappa shape index (κ1) is 14.5. The molecule has 0 spiro atoms. The number of carbonyl (C=O) groups excluding carboxylic acids is 1. The quantitative estimate of drug-likeness (QED) is 0.939. The molecule has 1 amide bonds. The molecule has 1 aliphatic rings. The Hall–Kier alpha value is -2.43. The molecule has 0 saturated carbocycles. The number of fused-ring (bicyclic) bond motifs is 1. The number of hydrogen-bond acceptors (Lipinski definition) is 3. The molecule has 3 rings (SSSR count). The molecular weight excluding hydrogens is 278 g/mol. The van der Waals surface area contributed by atoms with E-state index < -0.39 is 0 Å². The average Bonchev–Trinajstić information content (AvgIpc) is 2.93. The van der Waals surface area contributed by atoms with Crippen LogP contribution in [-0.2, 0) is 13.0 Å². The highest BCUT2D eigenvalue weighted by molar-refractivity contribution is 5.92. The predicted octanol–water partition coefficient (Wildman–Crippen LogP) is 2.07. The van der Waals surface area contributed by atoms with Crippen LogP contribution >= 0.6 is 0 Å². The molecule has 0 radical (unpaired) electrons. The third kappa shape index (κ3) is 2.79. The summed E-state index contributed by atoms with van der Waals surface area (Å²) in [6.45, 7) is 2.49. The lowest BCUT2D eigenvalue weighted by molar-refractivity contribution is 0.0929. The van der Waals surface area contributed by atoms with Crippen LogP contribution in [0.5, 0.6) is 0 Å². The lowest BCUT2D eigenvalue weighted by Gasteiger charge is -2.14. The minimum Gasteiger partial charge on any atom is -0.344 e. The van der Waals surface area contributed by atoms with Crippen molar-refractivity contribution in [1.29, 1.82) is 0 Å². The first-order chi connectivity index (χ1) is 10.7. The standard InChI is InChI=1S/C17H19N3O2/c1-2-11-20-16(21)10-9-15(19-20)17(22)18-14-8-7-12-5-3-4-6-13(12)14/h3-6,9-10,14H,2,7-8,11H2,1H3,(H,18,22)/t14-/m1/s1. The summed E-state index contributed by atoms with van der Waals surface area (Å²) >= 11 is 0. The van der Waals surface area contributed by atoms with Gasteiger partial charge in [-0.3, -0.25) is 9.59 Å². The largest absolute Gasteiger partial charge is 0.344 e. The zero-order valence-corrected chi connectivity index (χ0v) is 12.6. The van der Waals surface area contributed by atoms with Gasteiger partial charge in [0.05, 0.1) is 6.04 Å². The maximum atomic E-state index is 12.4. The fourth-order valence-corrected chi connectivity index (χ4v) is 2.88. The van der Waals surface area contributed by atoms with Gasteiger partial charge in [-0.2, -0.15) is 5.10 Å². The Balaban J connectivity index is 1.78. The fourth-order valence-electron chi connectivity index (χ4n) is 2.88. The summed E-state index contributed by atoms with van der Waals surface area (Å²) in [5.41, 5.74) is 2.58. The first-order valence-electron chi connectivity index (χ1n) is 7.66. The third-order valence-electron chi connectivity index (χ3n) is 3.97. The summed E-state index contributed by atoms with van der Waals surface area (Å²) in [6, 6.07) is 11.1. The Morgan fingerprint density at radius 3 is 2.95 bits per heavy atom. The van der Waals surface area contributed by atoms with E-state index in [9.17, 15) is 9.59 Å². The summed E-state index contributed by atoms with van der Waals surface area (Å²) < 4.78 is 1.34. The van der Waals surface area contributed by atoms with E-state index in [1.165, 1.54) is 27.9 Å². The molecular formula is C17H19N3O2. The average molecular weight is 297 g/mol. The molecule has 1 atom stereocenters. The van der Waals surface area contributed by atoms with E-state index in [1.54, 1.807) is 0 Å². The van der Waals surface area contributed by atoms with Crippen LogP contribution in [0.1, 0.15) is 47.4 Å². The molecule has 0 bridgehead atoms. The van der Waals surface area contributed by atoms with Crippen molar-refractivity contribution in [3.05, 3.63) is 63.6 Å². The minimum atomic E-state index is -0.230. The highest BCUT2D eigenvalue weighted by Gasteiger charge is 2.24. The van der Waals surface area contributed by atoms with Crippen molar-refractivity contribution in [1.82, 2.24) is 15.1 Å². The second kappa shape index (κ2) is 6.13. The van der Waals surface area contributed by atoms with Crippen molar-refractivity contribution >= 4 is 5.91 Å². The highest BCUT2D eigenvalue weighted by atomic mass is 16.2. The predicted molar refractivity (Wildman–Crippen MR) is 83.8 cm³/mol. The highest BCUT2D eigenvalue weighted by Crippen LogP contribution is 2.30. The Morgan fingerprint density at radius 2 is 2.14 bits per heavy atom. The summed E-state index contributed by atoms with van der Waals surface area (Å²) in [4.78, 5) is 24.1. The second-order valence-corrected chi connectivity index (χ2v) is 5.54. The summed E-state index contributed by atoms with van der Waals surface area (Å²) in [5.74, 6) is -0.230. The number of aryl methyl sites for hydroxylation is 2. The SMILES string of the molecule is CCCn1nc(C(=O)N[C@@H]2CCc3ccccc32)ccc1=O. The molecule has 5 heteroatoms. The van der Waals surface area contributed by atoms with Gasteiger partial charge in [-0.05, 0) is 36.5 Å². The van der Waals surface area contributed by atoms with Gasteiger partial charge in [-0.15, -0.1) is 0 Å². The van der Waals surface area contributed by atoms with Crippen LogP contribution in [0.25, 0.3) is 0 Å². The lowest BCUT2D eigenvalue weighted by Crippen LogP contribution is -2.31. The Kier molecular flexibility index (Phi) is 4.04. The van der Waals surface area contributed by atoms with Gasteiger partial charge in [0.2, 0.25) is 0 Å². The van der Waals surface area contributed by atoms with Crippen LogP contribution in [0.2, 0.25) is 0 Å². The normalized spacial score (nSPS) is 16.3.